The summed E-state index contributed by atoms with van der Waals surface area (Å²) in [5, 5.41) is 0. The summed E-state index contributed by atoms with van der Waals surface area (Å²) < 4.78 is 21.9. The molecule has 0 spiro atoms. The molecule has 0 aliphatic carbocycles. The van der Waals surface area contributed by atoms with Crippen molar-refractivity contribution in [3.63, 3.8) is 0 Å². The second kappa shape index (κ2) is 12.1. The van der Waals surface area contributed by atoms with E-state index >= 15 is 0 Å². The van der Waals surface area contributed by atoms with E-state index in [0.717, 1.165) is 6.04 Å². The van der Waals surface area contributed by atoms with Crippen LogP contribution >= 0.6 is 0 Å². The highest BCUT2D eigenvalue weighted by atomic mass is 28.4. The van der Waals surface area contributed by atoms with E-state index in [-0.39, 0.29) is 0 Å². The Labute approximate surface area is 113 Å². The lowest BCUT2D eigenvalue weighted by molar-refractivity contribution is 0.0882. The molecule has 4 nitrogen and oxygen atoms in total. The summed E-state index contributed by atoms with van der Waals surface area (Å²) in [4.78, 5) is 0. The van der Waals surface area contributed by atoms with Crippen LogP contribution in [0.3, 0.4) is 0 Å². The molecule has 0 aromatic rings. The minimum Gasteiger partial charge on any atom is -0.392 e. The molecule has 0 heterocycles. The highest BCUT2D eigenvalue weighted by molar-refractivity contribution is 6.66. The summed E-state index contributed by atoms with van der Waals surface area (Å²) in [6, 6.07) is 1.06. The van der Waals surface area contributed by atoms with Gasteiger partial charge in [0.05, 0.1) is 26.4 Å². The maximum atomic E-state index is 5.93. The minimum absolute atomic E-state index is 0.625. The Morgan fingerprint density at radius 2 is 1.33 bits per heavy atom. The van der Waals surface area contributed by atoms with Gasteiger partial charge < -0.3 is 18.3 Å². The first kappa shape index (κ1) is 18.1. The van der Waals surface area contributed by atoms with E-state index in [1.165, 1.54) is 25.7 Å². The second-order valence-electron chi connectivity index (χ2n) is 4.63. The Kier molecular flexibility index (Phi) is 12.1. The summed E-state index contributed by atoms with van der Waals surface area (Å²) in [5.41, 5.74) is 0. The van der Waals surface area contributed by atoms with Crippen molar-refractivity contribution in [2.24, 2.45) is 0 Å². The van der Waals surface area contributed by atoms with Crippen molar-refractivity contribution < 1.29 is 18.3 Å². The lowest BCUT2D eigenvalue weighted by Crippen LogP contribution is -2.40. The van der Waals surface area contributed by atoms with Gasteiger partial charge in [0.15, 0.2) is 0 Å². The molecule has 0 N–H and O–H groups in total. The Morgan fingerprint density at radius 3 is 1.78 bits per heavy atom. The van der Waals surface area contributed by atoms with Gasteiger partial charge in [-0.1, -0.05) is 32.6 Å². The predicted octanol–water partition coefficient (Wildman–Crippen LogP) is 2.96. The average molecular weight is 278 g/mol. The normalized spacial score (nSPS) is 12.0. The second-order valence-corrected chi connectivity index (χ2v) is 7.97. The van der Waals surface area contributed by atoms with Gasteiger partial charge in [0.1, 0.15) is 0 Å². The Bertz CT molecular complexity index is 168. The van der Waals surface area contributed by atoms with Crippen LogP contribution in [0.4, 0.5) is 0 Å². The maximum Gasteiger partial charge on any atom is 0.335 e. The first-order chi connectivity index (χ1) is 8.68. The smallest absolute Gasteiger partial charge is 0.335 e. The summed E-state index contributed by atoms with van der Waals surface area (Å²) in [7, 11) is 1.35. The molecule has 0 saturated heterocycles. The van der Waals surface area contributed by atoms with Gasteiger partial charge in [-0.2, -0.15) is 0 Å². The van der Waals surface area contributed by atoms with Crippen LogP contribution in [0.15, 0.2) is 0 Å². The van der Waals surface area contributed by atoms with E-state index in [1.807, 2.05) is 0 Å². The van der Waals surface area contributed by atoms with Crippen LogP contribution in [0.2, 0.25) is 12.6 Å². The van der Waals surface area contributed by atoms with Gasteiger partial charge in [-0.15, -0.1) is 0 Å². The van der Waals surface area contributed by atoms with E-state index in [9.17, 15) is 0 Å². The first-order valence-corrected chi connectivity index (χ1v) is 9.46. The lowest BCUT2D eigenvalue weighted by Gasteiger charge is -2.27. The highest BCUT2D eigenvalue weighted by Gasteiger charge is 2.30. The van der Waals surface area contributed by atoms with Crippen molar-refractivity contribution >= 4 is 8.56 Å². The SMILES string of the molecule is CCCCCC[Si](C)(OCCOC)OCCOC. The lowest BCUT2D eigenvalue weighted by atomic mass is 10.2. The van der Waals surface area contributed by atoms with Crippen LogP contribution in [0.5, 0.6) is 0 Å². The zero-order chi connectivity index (χ0) is 13.7. The van der Waals surface area contributed by atoms with Gasteiger partial charge in [-0.3, -0.25) is 0 Å². The largest absolute Gasteiger partial charge is 0.392 e. The molecule has 0 fully saturated rings. The van der Waals surface area contributed by atoms with E-state index in [4.69, 9.17) is 18.3 Å². The van der Waals surface area contributed by atoms with E-state index in [2.05, 4.69) is 13.5 Å². The molecular formula is C13H30O4Si. The monoisotopic (exact) mass is 278 g/mol. The summed E-state index contributed by atoms with van der Waals surface area (Å²) >= 11 is 0. The molecule has 0 aliphatic heterocycles. The topological polar surface area (TPSA) is 36.9 Å². The molecule has 0 aliphatic rings. The fourth-order valence-corrected chi connectivity index (χ4v) is 4.04. The van der Waals surface area contributed by atoms with E-state index in [0.29, 0.717) is 26.4 Å². The zero-order valence-electron chi connectivity index (χ0n) is 12.5. The predicted molar refractivity (Wildman–Crippen MR) is 76.2 cm³/mol. The standard InChI is InChI=1S/C13H30O4Si/c1-5-6-7-8-13-18(4,16-11-9-14-2)17-12-10-15-3/h5-13H2,1-4H3. The number of ether oxygens (including phenoxy) is 2. The highest BCUT2D eigenvalue weighted by Crippen LogP contribution is 2.18. The molecule has 0 aromatic heterocycles. The Balaban J connectivity index is 3.95. The van der Waals surface area contributed by atoms with Gasteiger partial charge in [-0.05, 0) is 12.6 Å². The zero-order valence-corrected chi connectivity index (χ0v) is 13.5. The van der Waals surface area contributed by atoms with Crippen molar-refractivity contribution in [3.8, 4) is 0 Å². The van der Waals surface area contributed by atoms with Crippen LogP contribution in [0.1, 0.15) is 32.6 Å². The molecule has 0 rings (SSSR count). The molecule has 5 heteroatoms. The third kappa shape index (κ3) is 10.0. The first-order valence-electron chi connectivity index (χ1n) is 6.94. The van der Waals surface area contributed by atoms with Gasteiger partial charge in [-0.25, -0.2) is 0 Å². The van der Waals surface area contributed by atoms with E-state index < -0.39 is 8.56 Å². The summed E-state index contributed by atoms with van der Waals surface area (Å²) in [5.74, 6) is 0. The van der Waals surface area contributed by atoms with Gasteiger partial charge in [0, 0.05) is 14.2 Å². The summed E-state index contributed by atoms with van der Waals surface area (Å²) in [6.07, 6.45) is 5.00. The van der Waals surface area contributed by atoms with Crippen LogP contribution in [-0.2, 0) is 18.3 Å². The van der Waals surface area contributed by atoms with Crippen molar-refractivity contribution in [1.29, 1.82) is 0 Å². The van der Waals surface area contributed by atoms with Gasteiger partial charge in [0.25, 0.3) is 0 Å². The number of hydrogen-bond donors (Lipinski definition) is 0. The molecule has 0 aromatic carbocycles. The van der Waals surface area contributed by atoms with Crippen LogP contribution in [0, 0.1) is 0 Å². The van der Waals surface area contributed by atoms with Crippen molar-refractivity contribution in [2.45, 2.75) is 45.2 Å². The molecule has 0 bridgehead atoms. The Morgan fingerprint density at radius 1 is 0.778 bits per heavy atom. The number of rotatable bonds is 13. The van der Waals surface area contributed by atoms with Gasteiger partial charge in [0.2, 0.25) is 0 Å². The average Bonchev–Trinajstić information content (AvgIpc) is 2.36. The molecule has 0 radical (unpaired) electrons. The molecule has 18 heavy (non-hydrogen) atoms. The molecule has 0 saturated carbocycles. The third-order valence-corrected chi connectivity index (χ3v) is 5.77. The van der Waals surface area contributed by atoms with Crippen molar-refractivity contribution in [3.05, 3.63) is 0 Å². The van der Waals surface area contributed by atoms with Crippen LogP contribution < -0.4 is 0 Å². The molecule has 0 atom stereocenters. The maximum absolute atomic E-state index is 5.93. The molecule has 110 valence electrons. The van der Waals surface area contributed by atoms with E-state index in [1.54, 1.807) is 14.2 Å². The molecular weight excluding hydrogens is 248 g/mol. The number of unbranched alkanes of at least 4 members (excludes halogenated alkanes) is 3. The quantitative estimate of drug-likeness (QED) is 0.383. The van der Waals surface area contributed by atoms with Crippen LogP contribution in [-0.4, -0.2) is 49.2 Å². The van der Waals surface area contributed by atoms with Gasteiger partial charge >= 0.3 is 8.56 Å². The van der Waals surface area contributed by atoms with Crippen LogP contribution in [0.25, 0.3) is 0 Å². The van der Waals surface area contributed by atoms with Crippen molar-refractivity contribution in [2.75, 3.05) is 40.6 Å². The molecule has 0 amide bonds. The molecule has 0 unspecified atom stereocenters. The number of hydrogen-bond acceptors (Lipinski definition) is 4. The fourth-order valence-electron chi connectivity index (χ4n) is 1.74. The summed E-state index contributed by atoms with van der Waals surface area (Å²) in [6.45, 7) is 6.88. The third-order valence-electron chi connectivity index (χ3n) is 2.87. The Hall–Kier alpha value is 0.0569. The minimum atomic E-state index is -2.03. The number of methoxy groups -OCH3 is 2. The van der Waals surface area contributed by atoms with Crippen molar-refractivity contribution in [1.82, 2.24) is 0 Å². The fraction of sp³-hybridized carbons (Fsp3) is 1.00.